The van der Waals surface area contributed by atoms with Crippen LogP contribution in [0.5, 0.6) is 17.2 Å². The molecule has 0 bridgehead atoms. The van der Waals surface area contributed by atoms with Gasteiger partial charge < -0.3 is 19.5 Å². The summed E-state index contributed by atoms with van der Waals surface area (Å²) in [6.07, 6.45) is 1.08. The lowest BCUT2D eigenvalue weighted by Crippen LogP contribution is -2.21. The van der Waals surface area contributed by atoms with E-state index in [1.54, 1.807) is 30.3 Å². The van der Waals surface area contributed by atoms with E-state index in [2.05, 4.69) is 5.32 Å². The van der Waals surface area contributed by atoms with Gasteiger partial charge in [-0.1, -0.05) is 12.1 Å². The van der Waals surface area contributed by atoms with Gasteiger partial charge in [-0.25, -0.2) is 8.42 Å². The third-order valence-corrected chi connectivity index (χ3v) is 4.43. The average Bonchev–Trinajstić information content (AvgIpc) is 3.00. The van der Waals surface area contributed by atoms with E-state index < -0.39 is 15.7 Å². The van der Waals surface area contributed by atoms with Gasteiger partial charge in [0.25, 0.3) is 5.91 Å². The highest BCUT2D eigenvalue weighted by atomic mass is 32.2. The molecule has 2 aromatic rings. The van der Waals surface area contributed by atoms with Gasteiger partial charge in [0.05, 0.1) is 10.6 Å². The van der Waals surface area contributed by atoms with Crippen LogP contribution in [0.25, 0.3) is 0 Å². The van der Waals surface area contributed by atoms with E-state index in [1.807, 2.05) is 0 Å². The van der Waals surface area contributed by atoms with Crippen molar-refractivity contribution in [2.24, 2.45) is 0 Å². The summed E-state index contributed by atoms with van der Waals surface area (Å²) in [5.41, 5.74) is 0.222. The molecule has 1 heterocycles. The van der Waals surface area contributed by atoms with Crippen LogP contribution in [-0.4, -0.2) is 34.0 Å². The van der Waals surface area contributed by atoms with Crippen LogP contribution in [0.1, 0.15) is 0 Å². The summed E-state index contributed by atoms with van der Waals surface area (Å²) in [6, 6.07) is 11.2. The van der Waals surface area contributed by atoms with Crippen LogP contribution in [0.15, 0.2) is 47.4 Å². The number of para-hydroxylation sites is 1. The summed E-state index contributed by atoms with van der Waals surface area (Å²) in [7, 11) is -3.44. The number of sulfone groups is 1. The largest absolute Gasteiger partial charge is 0.484 e. The second-order valence-electron chi connectivity index (χ2n) is 5.12. The lowest BCUT2D eigenvalue weighted by molar-refractivity contribution is -0.118. The maximum absolute atomic E-state index is 12.0. The Balaban J connectivity index is 1.65. The van der Waals surface area contributed by atoms with Crippen LogP contribution >= 0.6 is 0 Å². The average molecular weight is 349 g/mol. The minimum absolute atomic E-state index is 0.0569. The van der Waals surface area contributed by atoms with Gasteiger partial charge >= 0.3 is 0 Å². The molecular weight excluding hydrogens is 334 g/mol. The van der Waals surface area contributed by atoms with Crippen molar-refractivity contribution in [3.63, 3.8) is 0 Å². The van der Waals surface area contributed by atoms with Gasteiger partial charge in [0.2, 0.25) is 6.79 Å². The smallest absolute Gasteiger partial charge is 0.262 e. The molecular formula is C16H15NO6S. The first-order chi connectivity index (χ1) is 11.4. The van der Waals surface area contributed by atoms with Crippen molar-refractivity contribution in [2.75, 3.05) is 25.0 Å². The molecule has 126 valence electrons. The standard InChI is InChI=1S/C16H15NO6S/c1-24(19,20)15-5-3-2-4-12(15)17-16(18)9-21-11-6-7-13-14(8-11)23-10-22-13/h2-8H,9-10H2,1H3,(H,17,18). The molecule has 1 amide bonds. The van der Waals surface area contributed by atoms with Crippen molar-refractivity contribution in [1.82, 2.24) is 0 Å². The van der Waals surface area contributed by atoms with Crippen LogP contribution in [0.4, 0.5) is 5.69 Å². The fourth-order valence-corrected chi connectivity index (χ4v) is 3.04. The molecule has 0 aromatic heterocycles. The monoisotopic (exact) mass is 349 g/mol. The Morgan fingerprint density at radius 3 is 2.71 bits per heavy atom. The summed E-state index contributed by atoms with van der Waals surface area (Å²) in [4.78, 5) is 12.1. The highest BCUT2D eigenvalue weighted by Crippen LogP contribution is 2.35. The van der Waals surface area contributed by atoms with Crippen molar-refractivity contribution in [1.29, 1.82) is 0 Å². The maximum Gasteiger partial charge on any atom is 0.262 e. The highest BCUT2D eigenvalue weighted by Gasteiger charge is 2.16. The fourth-order valence-electron chi connectivity index (χ4n) is 2.20. The van der Waals surface area contributed by atoms with E-state index >= 15 is 0 Å². The summed E-state index contributed by atoms with van der Waals surface area (Å²) in [5.74, 6) is 1.15. The van der Waals surface area contributed by atoms with Gasteiger partial charge in [-0.3, -0.25) is 4.79 Å². The molecule has 0 aliphatic carbocycles. The molecule has 0 saturated carbocycles. The number of ether oxygens (including phenoxy) is 3. The van der Waals surface area contributed by atoms with Crippen LogP contribution in [-0.2, 0) is 14.6 Å². The predicted octanol–water partition coefficient (Wildman–Crippen LogP) is 1.84. The number of benzene rings is 2. The van der Waals surface area contributed by atoms with Crippen LogP contribution in [0.3, 0.4) is 0 Å². The van der Waals surface area contributed by atoms with E-state index in [9.17, 15) is 13.2 Å². The number of nitrogens with one attached hydrogen (secondary N) is 1. The normalized spacial score (nSPS) is 12.7. The molecule has 24 heavy (non-hydrogen) atoms. The number of carbonyl (C=O) groups is 1. The molecule has 0 fully saturated rings. The van der Waals surface area contributed by atoms with Crippen LogP contribution < -0.4 is 19.5 Å². The highest BCUT2D eigenvalue weighted by molar-refractivity contribution is 7.90. The summed E-state index contributed by atoms with van der Waals surface area (Å²) < 4.78 is 39.2. The maximum atomic E-state index is 12.0. The van der Waals surface area contributed by atoms with E-state index in [1.165, 1.54) is 12.1 Å². The molecule has 8 heteroatoms. The topological polar surface area (TPSA) is 90.9 Å². The molecule has 0 atom stereocenters. The van der Waals surface area contributed by atoms with E-state index in [0.717, 1.165) is 6.26 Å². The molecule has 0 radical (unpaired) electrons. The number of hydrogen-bond donors (Lipinski definition) is 1. The Kier molecular flexibility index (Phi) is 4.30. The first kappa shape index (κ1) is 16.1. The molecule has 1 N–H and O–H groups in total. The number of anilines is 1. The molecule has 0 spiro atoms. The lowest BCUT2D eigenvalue weighted by Gasteiger charge is -2.10. The van der Waals surface area contributed by atoms with E-state index in [4.69, 9.17) is 14.2 Å². The van der Waals surface area contributed by atoms with Gasteiger partial charge in [0.15, 0.2) is 27.9 Å². The zero-order valence-electron chi connectivity index (χ0n) is 12.8. The second kappa shape index (κ2) is 6.40. The second-order valence-corrected chi connectivity index (χ2v) is 7.10. The molecule has 1 aliphatic heterocycles. The molecule has 2 aromatic carbocycles. The Labute approximate surface area is 139 Å². The molecule has 3 rings (SSSR count). The third-order valence-electron chi connectivity index (χ3n) is 3.27. The molecule has 1 aliphatic rings. The Bertz CT molecular complexity index is 878. The first-order valence-corrected chi connectivity index (χ1v) is 8.94. The zero-order valence-corrected chi connectivity index (χ0v) is 13.6. The molecule has 0 saturated heterocycles. The number of rotatable bonds is 5. The summed E-state index contributed by atoms with van der Waals surface area (Å²) in [6.45, 7) is -0.112. The van der Waals surface area contributed by atoms with E-state index in [0.29, 0.717) is 17.2 Å². The van der Waals surface area contributed by atoms with Crippen molar-refractivity contribution >= 4 is 21.4 Å². The van der Waals surface area contributed by atoms with Crippen LogP contribution in [0, 0.1) is 0 Å². The summed E-state index contributed by atoms with van der Waals surface area (Å²) in [5, 5.41) is 2.54. The lowest BCUT2D eigenvalue weighted by atomic mass is 10.3. The summed E-state index contributed by atoms with van der Waals surface area (Å²) >= 11 is 0. The van der Waals surface area contributed by atoms with Gasteiger partial charge in [-0.05, 0) is 24.3 Å². The van der Waals surface area contributed by atoms with Crippen molar-refractivity contribution in [3.05, 3.63) is 42.5 Å². The minimum Gasteiger partial charge on any atom is -0.484 e. The predicted molar refractivity (Wildman–Crippen MR) is 86.2 cm³/mol. The molecule has 7 nitrogen and oxygen atoms in total. The van der Waals surface area contributed by atoms with Crippen molar-refractivity contribution in [2.45, 2.75) is 4.90 Å². The SMILES string of the molecule is CS(=O)(=O)c1ccccc1NC(=O)COc1ccc2c(c1)OCO2. The number of fused-ring (bicyclic) bond motifs is 1. The van der Waals surface area contributed by atoms with Gasteiger partial charge in [-0.15, -0.1) is 0 Å². The number of carbonyl (C=O) groups excluding carboxylic acids is 1. The van der Waals surface area contributed by atoms with Gasteiger partial charge in [0.1, 0.15) is 5.75 Å². The quantitative estimate of drug-likeness (QED) is 0.886. The Hall–Kier alpha value is -2.74. The van der Waals surface area contributed by atoms with Gasteiger partial charge in [-0.2, -0.15) is 0 Å². The van der Waals surface area contributed by atoms with Crippen LogP contribution in [0.2, 0.25) is 0 Å². The number of hydrogen-bond acceptors (Lipinski definition) is 6. The Morgan fingerprint density at radius 1 is 1.17 bits per heavy atom. The Morgan fingerprint density at radius 2 is 1.92 bits per heavy atom. The zero-order chi connectivity index (χ0) is 17.2. The van der Waals surface area contributed by atoms with Crippen molar-refractivity contribution < 1.29 is 27.4 Å². The third kappa shape index (κ3) is 3.60. The number of amides is 1. The van der Waals surface area contributed by atoms with E-state index in [-0.39, 0.29) is 24.0 Å². The molecule has 0 unspecified atom stereocenters. The first-order valence-electron chi connectivity index (χ1n) is 7.05. The fraction of sp³-hybridized carbons (Fsp3) is 0.188. The van der Waals surface area contributed by atoms with Gasteiger partial charge in [0, 0.05) is 12.3 Å². The van der Waals surface area contributed by atoms with Crippen molar-refractivity contribution in [3.8, 4) is 17.2 Å². The minimum atomic E-state index is -3.44.